The summed E-state index contributed by atoms with van der Waals surface area (Å²) in [6.45, 7) is 3.57. The van der Waals surface area contributed by atoms with Gasteiger partial charge in [0.15, 0.2) is 11.1 Å². The molecule has 0 atom stereocenters. The molecule has 0 unspecified atom stereocenters. The van der Waals surface area contributed by atoms with E-state index in [-0.39, 0.29) is 0 Å². The van der Waals surface area contributed by atoms with Crippen molar-refractivity contribution in [3.05, 3.63) is 40.7 Å². The second kappa shape index (κ2) is 8.47. The first-order valence-electron chi connectivity index (χ1n) is 7.56. The van der Waals surface area contributed by atoms with E-state index in [2.05, 4.69) is 44.0 Å². The van der Waals surface area contributed by atoms with Gasteiger partial charge in [-0.15, -0.1) is 11.3 Å². The quantitative estimate of drug-likeness (QED) is 0.624. The predicted molar refractivity (Wildman–Crippen MR) is 97.3 cm³/mol. The first-order chi connectivity index (χ1) is 11.1. The Labute approximate surface area is 141 Å². The van der Waals surface area contributed by atoms with E-state index in [1.807, 2.05) is 31.4 Å². The molecule has 7 heteroatoms. The zero-order valence-electron chi connectivity index (χ0n) is 14.1. The Bertz CT molecular complexity index is 650. The van der Waals surface area contributed by atoms with Gasteiger partial charge in [-0.05, 0) is 30.5 Å². The minimum Gasteiger partial charge on any atom is -0.356 e. The number of nitrogens with zero attached hydrogens (tertiary/aromatic N) is 4. The summed E-state index contributed by atoms with van der Waals surface area (Å²) in [5.74, 6) is 0.788. The highest BCUT2D eigenvalue weighted by atomic mass is 32.1. The summed E-state index contributed by atoms with van der Waals surface area (Å²) in [6.07, 6.45) is 4.67. The molecule has 0 radical (unpaired) electrons. The Kier molecular flexibility index (Phi) is 6.34. The number of thiazole rings is 1. The fourth-order valence-electron chi connectivity index (χ4n) is 2.08. The van der Waals surface area contributed by atoms with Crippen molar-refractivity contribution in [3.8, 4) is 0 Å². The summed E-state index contributed by atoms with van der Waals surface area (Å²) < 4.78 is 0. The molecule has 0 saturated heterocycles. The highest BCUT2D eigenvalue weighted by molar-refractivity contribution is 7.13. The highest BCUT2D eigenvalue weighted by Gasteiger charge is 2.05. The molecule has 0 amide bonds. The van der Waals surface area contributed by atoms with Crippen LogP contribution in [0.1, 0.15) is 16.8 Å². The number of guanidine groups is 1. The van der Waals surface area contributed by atoms with Crippen LogP contribution in [0.4, 0.5) is 5.13 Å². The first kappa shape index (κ1) is 17.2. The summed E-state index contributed by atoms with van der Waals surface area (Å²) in [4.78, 5) is 14.9. The zero-order valence-corrected chi connectivity index (χ0v) is 14.9. The second-order valence-corrected chi connectivity index (χ2v) is 6.26. The van der Waals surface area contributed by atoms with Crippen molar-refractivity contribution < 1.29 is 0 Å². The Hall–Kier alpha value is -2.15. The number of rotatable bonds is 6. The van der Waals surface area contributed by atoms with E-state index < -0.39 is 0 Å². The van der Waals surface area contributed by atoms with Gasteiger partial charge in [0.1, 0.15) is 0 Å². The van der Waals surface area contributed by atoms with Crippen LogP contribution in [-0.4, -0.2) is 43.6 Å². The van der Waals surface area contributed by atoms with Gasteiger partial charge in [-0.25, -0.2) is 4.98 Å². The SMILES string of the molecule is CN=C(NCCc1ccncc1C)NCc1csc(N(C)C)n1. The highest BCUT2D eigenvalue weighted by Crippen LogP contribution is 2.17. The number of aromatic nitrogens is 2. The van der Waals surface area contributed by atoms with E-state index in [1.54, 1.807) is 18.4 Å². The Morgan fingerprint density at radius 2 is 2.17 bits per heavy atom. The van der Waals surface area contributed by atoms with E-state index in [0.29, 0.717) is 6.54 Å². The summed E-state index contributed by atoms with van der Waals surface area (Å²) in [7, 11) is 5.77. The van der Waals surface area contributed by atoms with Gasteiger partial charge in [-0.2, -0.15) is 0 Å². The maximum Gasteiger partial charge on any atom is 0.191 e. The van der Waals surface area contributed by atoms with Crippen molar-refractivity contribution >= 4 is 22.4 Å². The third-order valence-electron chi connectivity index (χ3n) is 3.41. The summed E-state index contributed by atoms with van der Waals surface area (Å²) >= 11 is 1.64. The van der Waals surface area contributed by atoms with Crippen molar-refractivity contribution in [3.63, 3.8) is 0 Å². The molecule has 0 aliphatic heterocycles. The van der Waals surface area contributed by atoms with Gasteiger partial charge >= 0.3 is 0 Å². The molecule has 2 N–H and O–H groups in total. The largest absolute Gasteiger partial charge is 0.356 e. The molecule has 0 fully saturated rings. The Morgan fingerprint density at radius 3 is 2.83 bits per heavy atom. The lowest BCUT2D eigenvalue weighted by Crippen LogP contribution is -2.38. The molecule has 2 aromatic rings. The van der Waals surface area contributed by atoms with Crippen LogP contribution in [0.2, 0.25) is 0 Å². The van der Waals surface area contributed by atoms with Crippen LogP contribution < -0.4 is 15.5 Å². The molecule has 0 aromatic carbocycles. The van der Waals surface area contributed by atoms with Crippen molar-refractivity contribution in [2.75, 3.05) is 32.6 Å². The van der Waals surface area contributed by atoms with Gasteiger partial charge < -0.3 is 15.5 Å². The van der Waals surface area contributed by atoms with Crippen LogP contribution in [0, 0.1) is 6.92 Å². The van der Waals surface area contributed by atoms with E-state index in [0.717, 1.165) is 29.8 Å². The third-order valence-corrected chi connectivity index (χ3v) is 4.46. The first-order valence-corrected chi connectivity index (χ1v) is 8.44. The maximum atomic E-state index is 4.55. The summed E-state index contributed by atoms with van der Waals surface area (Å²) in [5.41, 5.74) is 3.54. The summed E-state index contributed by atoms with van der Waals surface area (Å²) in [5, 5.41) is 9.70. The van der Waals surface area contributed by atoms with E-state index in [9.17, 15) is 0 Å². The average Bonchev–Trinajstić information content (AvgIpc) is 3.01. The molecular formula is C16H24N6S. The van der Waals surface area contributed by atoms with Crippen LogP contribution in [-0.2, 0) is 13.0 Å². The Morgan fingerprint density at radius 1 is 1.35 bits per heavy atom. The molecule has 0 saturated carbocycles. The standard InChI is InChI=1S/C16H24N6S/c1-12-9-18-7-5-13(12)6-8-19-15(17-2)20-10-14-11-23-16(21-14)22(3)4/h5,7,9,11H,6,8,10H2,1-4H3,(H2,17,19,20). The van der Waals surface area contributed by atoms with E-state index >= 15 is 0 Å². The average molecular weight is 332 g/mol. The van der Waals surface area contributed by atoms with Gasteiger partial charge in [-0.1, -0.05) is 0 Å². The molecule has 0 spiro atoms. The molecule has 2 heterocycles. The number of nitrogens with one attached hydrogen (secondary N) is 2. The minimum atomic E-state index is 0.665. The smallest absolute Gasteiger partial charge is 0.191 e. The van der Waals surface area contributed by atoms with Gasteiger partial charge in [-0.3, -0.25) is 9.98 Å². The molecule has 124 valence electrons. The van der Waals surface area contributed by atoms with Crippen molar-refractivity contribution in [2.24, 2.45) is 4.99 Å². The lowest BCUT2D eigenvalue weighted by atomic mass is 10.1. The molecule has 23 heavy (non-hydrogen) atoms. The Balaban J connectivity index is 1.78. The second-order valence-electron chi connectivity index (χ2n) is 5.42. The molecule has 2 rings (SSSR count). The van der Waals surface area contributed by atoms with E-state index in [4.69, 9.17) is 0 Å². The van der Waals surface area contributed by atoms with Crippen LogP contribution in [0.3, 0.4) is 0 Å². The van der Waals surface area contributed by atoms with E-state index in [1.165, 1.54) is 11.1 Å². The number of hydrogen-bond acceptors (Lipinski definition) is 5. The van der Waals surface area contributed by atoms with Crippen LogP contribution >= 0.6 is 11.3 Å². The lowest BCUT2D eigenvalue weighted by Gasteiger charge is -2.12. The van der Waals surface area contributed by atoms with Crippen LogP contribution in [0.25, 0.3) is 0 Å². The minimum absolute atomic E-state index is 0.665. The predicted octanol–water partition coefficient (Wildman–Crippen LogP) is 1.82. The van der Waals surface area contributed by atoms with Gasteiger partial charge in [0, 0.05) is 45.5 Å². The van der Waals surface area contributed by atoms with Crippen molar-refractivity contribution in [1.29, 1.82) is 0 Å². The number of pyridine rings is 1. The molecule has 2 aromatic heterocycles. The van der Waals surface area contributed by atoms with Crippen LogP contribution in [0.5, 0.6) is 0 Å². The van der Waals surface area contributed by atoms with Crippen molar-refractivity contribution in [1.82, 2.24) is 20.6 Å². The fraction of sp³-hybridized carbons (Fsp3) is 0.438. The van der Waals surface area contributed by atoms with Gasteiger partial charge in [0.25, 0.3) is 0 Å². The van der Waals surface area contributed by atoms with Gasteiger partial charge in [0.05, 0.1) is 12.2 Å². The molecular weight excluding hydrogens is 308 g/mol. The molecule has 0 bridgehead atoms. The van der Waals surface area contributed by atoms with Gasteiger partial charge in [0.2, 0.25) is 0 Å². The monoisotopic (exact) mass is 332 g/mol. The molecule has 6 nitrogen and oxygen atoms in total. The normalized spacial score (nSPS) is 11.4. The van der Waals surface area contributed by atoms with Crippen LogP contribution in [0.15, 0.2) is 28.8 Å². The topological polar surface area (TPSA) is 65.4 Å². The summed E-state index contributed by atoms with van der Waals surface area (Å²) in [6, 6.07) is 2.06. The molecule has 0 aliphatic carbocycles. The number of anilines is 1. The zero-order chi connectivity index (χ0) is 16.7. The molecule has 0 aliphatic rings. The third kappa shape index (κ3) is 5.21. The van der Waals surface area contributed by atoms with Crippen molar-refractivity contribution in [2.45, 2.75) is 19.9 Å². The fourth-order valence-corrected chi connectivity index (χ4v) is 2.83. The number of aliphatic imine (C=N–C) groups is 1. The maximum absolute atomic E-state index is 4.55. The number of aryl methyl sites for hydroxylation is 1. The lowest BCUT2D eigenvalue weighted by molar-refractivity contribution is 0.783. The number of hydrogen-bond donors (Lipinski definition) is 2.